The molecule has 112 valence electrons. The second-order valence-corrected chi connectivity index (χ2v) is 8.50. The second kappa shape index (κ2) is 6.27. The molecular formula is C16H25NO2S. The largest absolute Gasteiger partial charge is 0.327 e. The highest BCUT2D eigenvalue weighted by molar-refractivity contribution is 7.91. The zero-order valence-electron chi connectivity index (χ0n) is 12.4. The Morgan fingerprint density at radius 3 is 2.65 bits per heavy atom. The number of rotatable bonds is 4. The van der Waals surface area contributed by atoms with Gasteiger partial charge in [-0.25, -0.2) is 8.42 Å². The zero-order chi connectivity index (χ0) is 14.8. The molecule has 0 spiro atoms. The van der Waals surface area contributed by atoms with Gasteiger partial charge in [-0.2, -0.15) is 0 Å². The van der Waals surface area contributed by atoms with Gasteiger partial charge < -0.3 is 5.73 Å². The van der Waals surface area contributed by atoms with Crippen molar-refractivity contribution in [2.45, 2.75) is 50.3 Å². The maximum absolute atomic E-state index is 11.7. The Balaban J connectivity index is 2.02. The molecule has 0 aliphatic heterocycles. The van der Waals surface area contributed by atoms with Crippen LogP contribution in [-0.4, -0.2) is 26.0 Å². The maximum atomic E-state index is 11.7. The van der Waals surface area contributed by atoms with Crippen molar-refractivity contribution in [2.24, 2.45) is 11.7 Å². The molecule has 0 bridgehead atoms. The molecule has 20 heavy (non-hydrogen) atoms. The molecule has 0 radical (unpaired) electrons. The van der Waals surface area contributed by atoms with Gasteiger partial charge in [0, 0.05) is 12.3 Å². The lowest BCUT2D eigenvalue weighted by atomic mass is 9.81. The lowest BCUT2D eigenvalue weighted by molar-refractivity contribution is 0.304. The molecule has 3 unspecified atom stereocenters. The number of benzene rings is 1. The summed E-state index contributed by atoms with van der Waals surface area (Å²) in [6.07, 6.45) is 5.75. The van der Waals surface area contributed by atoms with Gasteiger partial charge in [-0.15, -0.1) is 0 Å². The Kier molecular flexibility index (Phi) is 4.86. The average molecular weight is 295 g/mol. The van der Waals surface area contributed by atoms with Crippen LogP contribution in [0.2, 0.25) is 0 Å². The van der Waals surface area contributed by atoms with Crippen molar-refractivity contribution in [2.75, 3.05) is 6.26 Å². The van der Waals surface area contributed by atoms with Crippen LogP contribution in [0, 0.1) is 12.8 Å². The fourth-order valence-electron chi connectivity index (χ4n) is 3.22. The van der Waals surface area contributed by atoms with Gasteiger partial charge in [-0.05, 0) is 49.7 Å². The van der Waals surface area contributed by atoms with Crippen molar-refractivity contribution >= 4 is 9.84 Å². The van der Waals surface area contributed by atoms with Gasteiger partial charge in [0.05, 0.1) is 5.25 Å². The number of aryl methyl sites for hydroxylation is 1. The predicted molar refractivity (Wildman–Crippen MR) is 83.4 cm³/mol. The van der Waals surface area contributed by atoms with Crippen LogP contribution < -0.4 is 5.73 Å². The van der Waals surface area contributed by atoms with Crippen LogP contribution in [-0.2, 0) is 16.3 Å². The molecule has 2 rings (SSSR count). The fourth-order valence-corrected chi connectivity index (χ4v) is 4.41. The first-order chi connectivity index (χ1) is 9.38. The molecule has 0 amide bonds. The first kappa shape index (κ1) is 15.5. The van der Waals surface area contributed by atoms with E-state index in [1.54, 1.807) is 0 Å². The number of hydrogen-bond acceptors (Lipinski definition) is 3. The summed E-state index contributed by atoms with van der Waals surface area (Å²) in [5, 5.41) is -0.191. The van der Waals surface area contributed by atoms with E-state index in [0.29, 0.717) is 5.92 Å². The molecule has 1 aromatic carbocycles. The highest BCUT2D eigenvalue weighted by Gasteiger charge is 2.31. The summed E-state index contributed by atoms with van der Waals surface area (Å²) in [5.41, 5.74) is 8.90. The van der Waals surface area contributed by atoms with Gasteiger partial charge in [0.15, 0.2) is 0 Å². The summed E-state index contributed by atoms with van der Waals surface area (Å²) < 4.78 is 23.5. The summed E-state index contributed by atoms with van der Waals surface area (Å²) in [6, 6.07) is 8.34. The minimum Gasteiger partial charge on any atom is -0.327 e. The van der Waals surface area contributed by atoms with Crippen LogP contribution in [0.25, 0.3) is 0 Å². The lowest BCUT2D eigenvalue weighted by Crippen LogP contribution is -2.39. The predicted octanol–water partition coefficient (Wildman–Crippen LogP) is 2.47. The molecule has 3 nitrogen and oxygen atoms in total. The number of nitrogens with two attached hydrogens (primary N) is 1. The van der Waals surface area contributed by atoms with Gasteiger partial charge in [-0.1, -0.05) is 30.7 Å². The molecule has 1 saturated carbocycles. The molecule has 0 heterocycles. The molecule has 1 aliphatic carbocycles. The summed E-state index contributed by atoms with van der Waals surface area (Å²) in [4.78, 5) is 0. The zero-order valence-corrected chi connectivity index (χ0v) is 13.2. The van der Waals surface area contributed by atoms with E-state index in [-0.39, 0.29) is 11.3 Å². The van der Waals surface area contributed by atoms with Crippen LogP contribution in [0.1, 0.15) is 36.8 Å². The van der Waals surface area contributed by atoms with E-state index in [4.69, 9.17) is 5.73 Å². The third kappa shape index (κ3) is 3.83. The third-order valence-electron chi connectivity index (χ3n) is 4.59. The van der Waals surface area contributed by atoms with E-state index in [1.165, 1.54) is 17.4 Å². The number of hydrogen-bond donors (Lipinski definition) is 1. The number of sulfone groups is 1. The first-order valence-corrected chi connectivity index (χ1v) is 9.32. The van der Waals surface area contributed by atoms with Crippen LogP contribution in [0.15, 0.2) is 24.3 Å². The molecule has 2 N–H and O–H groups in total. The highest BCUT2D eigenvalue weighted by Crippen LogP contribution is 2.31. The fraction of sp³-hybridized carbons (Fsp3) is 0.625. The Bertz CT molecular complexity index is 553. The normalized spacial score (nSPS) is 25.4. The molecular weight excluding hydrogens is 270 g/mol. The van der Waals surface area contributed by atoms with Gasteiger partial charge >= 0.3 is 0 Å². The van der Waals surface area contributed by atoms with Crippen LogP contribution >= 0.6 is 0 Å². The highest BCUT2D eigenvalue weighted by atomic mass is 32.2. The van der Waals surface area contributed by atoms with Gasteiger partial charge in [-0.3, -0.25) is 0 Å². The summed E-state index contributed by atoms with van der Waals surface area (Å²) in [5.74, 6) is 0.322. The van der Waals surface area contributed by atoms with Crippen molar-refractivity contribution in [1.29, 1.82) is 0 Å². The van der Waals surface area contributed by atoms with Crippen LogP contribution in [0.3, 0.4) is 0 Å². The summed E-state index contributed by atoms with van der Waals surface area (Å²) in [7, 11) is -2.93. The SMILES string of the molecule is Cc1ccccc1CC(N)C1CCCC(S(C)(=O)=O)C1. The van der Waals surface area contributed by atoms with Crippen molar-refractivity contribution in [3.63, 3.8) is 0 Å². The maximum Gasteiger partial charge on any atom is 0.150 e. The van der Waals surface area contributed by atoms with E-state index in [2.05, 4.69) is 19.1 Å². The first-order valence-electron chi connectivity index (χ1n) is 7.37. The Hall–Kier alpha value is -0.870. The summed E-state index contributed by atoms with van der Waals surface area (Å²) in [6.45, 7) is 2.10. The monoisotopic (exact) mass is 295 g/mol. The van der Waals surface area contributed by atoms with E-state index in [1.807, 2.05) is 12.1 Å². The second-order valence-electron chi connectivity index (χ2n) is 6.17. The van der Waals surface area contributed by atoms with Crippen LogP contribution in [0.4, 0.5) is 0 Å². The molecule has 3 atom stereocenters. The minimum absolute atomic E-state index is 0.0562. The minimum atomic E-state index is -2.93. The van der Waals surface area contributed by atoms with Crippen molar-refractivity contribution in [3.05, 3.63) is 35.4 Å². The van der Waals surface area contributed by atoms with Crippen molar-refractivity contribution < 1.29 is 8.42 Å². The van der Waals surface area contributed by atoms with Crippen molar-refractivity contribution in [1.82, 2.24) is 0 Å². The Morgan fingerprint density at radius 2 is 2.00 bits per heavy atom. The summed E-state index contributed by atoms with van der Waals surface area (Å²) >= 11 is 0. The lowest BCUT2D eigenvalue weighted by Gasteiger charge is -2.32. The van der Waals surface area contributed by atoms with Gasteiger partial charge in [0.1, 0.15) is 9.84 Å². The van der Waals surface area contributed by atoms with E-state index in [9.17, 15) is 8.42 Å². The van der Waals surface area contributed by atoms with Gasteiger partial charge in [0.2, 0.25) is 0 Å². The molecule has 0 saturated heterocycles. The Morgan fingerprint density at radius 1 is 1.30 bits per heavy atom. The standard InChI is InChI=1S/C16H25NO2S/c1-12-6-3-4-7-13(12)11-16(17)14-8-5-9-15(10-14)20(2,18)19/h3-4,6-7,14-16H,5,8-11,17H2,1-2H3. The third-order valence-corrected chi connectivity index (χ3v) is 6.23. The average Bonchev–Trinajstić information content (AvgIpc) is 2.40. The van der Waals surface area contributed by atoms with Crippen molar-refractivity contribution in [3.8, 4) is 0 Å². The van der Waals surface area contributed by atoms with E-state index >= 15 is 0 Å². The van der Waals surface area contributed by atoms with Crippen LogP contribution in [0.5, 0.6) is 0 Å². The Labute approximate surface area is 122 Å². The molecule has 0 aromatic heterocycles. The molecule has 1 fully saturated rings. The van der Waals surface area contributed by atoms with E-state index < -0.39 is 9.84 Å². The topological polar surface area (TPSA) is 60.2 Å². The quantitative estimate of drug-likeness (QED) is 0.928. The molecule has 1 aromatic rings. The van der Waals surface area contributed by atoms with E-state index in [0.717, 1.165) is 32.1 Å². The smallest absolute Gasteiger partial charge is 0.150 e. The van der Waals surface area contributed by atoms with Gasteiger partial charge in [0.25, 0.3) is 0 Å². The molecule has 4 heteroatoms. The molecule has 1 aliphatic rings.